The van der Waals surface area contributed by atoms with Gasteiger partial charge in [0.15, 0.2) is 5.76 Å². The highest BCUT2D eigenvalue weighted by molar-refractivity contribution is 5.94. The molecule has 9 nitrogen and oxygen atoms in total. The quantitative estimate of drug-likeness (QED) is 0.526. The molecule has 2 N–H and O–H groups in total. The summed E-state index contributed by atoms with van der Waals surface area (Å²) in [5, 5.41) is 15.5. The van der Waals surface area contributed by atoms with Crippen LogP contribution in [0.25, 0.3) is 11.7 Å². The number of rotatable bonds is 7. The number of nitrogens with zero attached hydrogens (tertiary/aromatic N) is 3. The van der Waals surface area contributed by atoms with Crippen LogP contribution in [0.15, 0.2) is 51.5 Å². The minimum absolute atomic E-state index is 0.0117. The molecule has 1 saturated heterocycles. The lowest BCUT2D eigenvalue weighted by Gasteiger charge is -2.31. The van der Waals surface area contributed by atoms with Gasteiger partial charge in [0.1, 0.15) is 6.07 Å². The molecule has 1 aliphatic heterocycles. The van der Waals surface area contributed by atoms with Gasteiger partial charge in [0.25, 0.3) is 5.89 Å². The van der Waals surface area contributed by atoms with Gasteiger partial charge in [0, 0.05) is 30.6 Å². The summed E-state index contributed by atoms with van der Waals surface area (Å²) < 4.78 is 11.2. The molecule has 35 heavy (non-hydrogen) atoms. The Bertz CT molecular complexity index is 1230. The molecule has 0 radical (unpaired) electrons. The molecular weight excluding hydrogens is 446 g/mol. The van der Waals surface area contributed by atoms with Crippen molar-refractivity contribution in [2.45, 2.75) is 38.6 Å². The molecule has 9 heteroatoms. The van der Waals surface area contributed by atoms with Gasteiger partial charge in [-0.05, 0) is 62.4 Å². The molecule has 0 bridgehead atoms. The number of piperidine rings is 1. The summed E-state index contributed by atoms with van der Waals surface area (Å²) in [6.45, 7) is 3.13. The molecule has 1 aromatic carbocycles. The Kier molecular flexibility index (Phi) is 6.27. The van der Waals surface area contributed by atoms with Gasteiger partial charge in [-0.2, -0.15) is 10.2 Å². The predicted molar refractivity (Wildman–Crippen MR) is 128 cm³/mol. The molecule has 1 atom stereocenters. The van der Waals surface area contributed by atoms with Crippen LogP contribution in [0.2, 0.25) is 0 Å². The summed E-state index contributed by atoms with van der Waals surface area (Å²) in [4.78, 5) is 31.0. The molecule has 0 spiro atoms. The Morgan fingerprint density at radius 1 is 1.09 bits per heavy atom. The van der Waals surface area contributed by atoms with Crippen LogP contribution >= 0.6 is 0 Å². The van der Waals surface area contributed by atoms with E-state index in [-0.39, 0.29) is 41.3 Å². The van der Waals surface area contributed by atoms with E-state index in [4.69, 9.17) is 8.83 Å². The molecule has 1 unspecified atom stereocenters. The van der Waals surface area contributed by atoms with Crippen molar-refractivity contribution in [2.24, 2.45) is 11.8 Å². The van der Waals surface area contributed by atoms with Crippen molar-refractivity contribution in [3.63, 3.8) is 0 Å². The average molecular weight is 474 g/mol. The lowest BCUT2D eigenvalue weighted by atomic mass is 9.95. The van der Waals surface area contributed by atoms with Crippen molar-refractivity contribution in [2.75, 3.05) is 23.3 Å². The zero-order valence-corrected chi connectivity index (χ0v) is 19.5. The van der Waals surface area contributed by atoms with Gasteiger partial charge in [-0.1, -0.05) is 12.1 Å². The van der Waals surface area contributed by atoms with Crippen molar-refractivity contribution < 1.29 is 18.4 Å². The first kappa shape index (κ1) is 22.7. The van der Waals surface area contributed by atoms with Crippen LogP contribution in [0.3, 0.4) is 0 Å². The topological polar surface area (TPSA) is 124 Å². The lowest BCUT2D eigenvalue weighted by molar-refractivity contribution is -0.126. The van der Waals surface area contributed by atoms with E-state index in [1.54, 1.807) is 12.1 Å². The number of carbonyl (C=O) groups is 2. The highest BCUT2D eigenvalue weighted by atomic mass is 16.4. The highest BCUT2D eigenvalue weighted by Crippen LogP contribution is 2.32. The molecule has 1 saturated carbocycles. The van der Waals surface area contributed by atoms with Crippen LogP contribution in [-0.4, -0.2) is 29.9 Å². The highest BCUT2D eigenvalue weighted by Gasteiger charge is 2.31. The summed E-state index contributed by atoms with van der Waals surface area (Å²) in [7, 11) is 0. The summed E-state index contributed by atoms with van der Waals surface area (Å²) in [5.41, 5.74) is 1.96. The molecule has 5 rings (SSSR count). The number of amides is 2. The molecular formula is C26H27N5O4. The van der Waals surface area contributed by atoms with E-state index < -0.39 is 0 Å². The maximum atomic E-state index is 12.9. The van der Waals surface area contributed by atoms with Gasteiger partial charge >= 0.3 is 0 Å². The minimum Gasteiger partial charge on any atom is -0.459 e. The van der Waals surface area contributed by atoms with Gasteiger partial charge < -0.3 is 24.4 Å². The number of aromatic nitrogens is 1. The molecule has 180 valence electrons. The van der Waals surface area contributed by atoms with Gasteiger partial charge in [0.05, 0.1) is 12.3 Å². The molecule has 2 aromatic heterocycles. The maximum Gasteiger partial charge on any atom is 0.266 e. The third-order valence-electron chi connectivity index (χ3n) is 6.59. The van der Waals surface area contributed by atoms with E-state index in [0.29, 0.717) is 37.6 Å². The molecule has 3 heterocycles. The van der Waals surface area contributed by atoms with Crippen LogP contribution in [-0.2, 0) is 9.59 Å². The second-order valence-corrected chi connectivity index (χ2v) is 9.14. The van der Waals surface area contributed by atoms with Gasteiger partial charge in [-0.3, -0.25) is 9.59 Å². The van der Waals surface area contributed by atoms with Gasteiger partial charge in [-0.25, -0.2) is 0 Å². The van der Waals surface area contributed by atoms with Crippen molar-refractivity contribution in [1.29, 1.82) is 5.26 Å². The van der Waals surface area contributed by atoms with E-state index in [0.717, 1.165) is 24.1 Å². The second kappa shape index (κ2) is 9.66. The standard InChI is InChI=1S/C26H27N5O4/c1-16(17-6-8-20(9-7-17)29-24(33)18-4-5-18)28-23(32)19-10-12-31(13-11-19)26-21(15-27)30-25(35-26)22-3-2-14-34-22/h2-3,6-9,14,16,18-19H,4-5,10-13H2,1H3,(H,28,32)(H,29,33). The largest absolute Gasteiger partial charge is 0.459 e. The van der Waals surface area contributed by atoms with E-state index in [9.17, 15) is 14.9 Å². The summed E-state index contributed by atoms with van der Waals surface area (Å²) in [5.74, 6) is 1.28. The van der Waals surface area contributed by atoms with Gasteiger partial charge in [-0.15, -0.1) is 0 Å². The number of hydrogen-bond acceptors (Lipinski definition) is 7. The summed E-state index contributed by atoms with van der Waals surface area (Å²) in [6.07, 6.45) is 4.75. The van der Waals surface area contributed by atoms with Crippen molar-refractivity contribution in [3.8, 4) is 17.7 Å². The normalized spacial score (nSPS) is 17.0. The number of carbonyl (C=O) groups excluding carboxylic acids is 2. The number of hydrogen-bond donors (Lipinski definition) is 2. The molecule has 2 fully saturated rings. The molecule has 2 aliphatic rings. The number of furan rings is 1. The third kappa shape index (κ3) is 5.06. The fourth-order valence-electron chi connectivity index (χ4n) is 4.31. The smallest absolute Gasteiger partial charge is 0.266 e. The molecule has 3 aromatic rings. The van der Waals surface area contributed by atoms with E-state index in [1.165, 1.54) is 6.26 Å². The maximum absolute atomic E-state index is 12.9. The first-order valence-corrected chi connectivity index (χ1v) is 11.9. The Morgan fingerprint density at radius 3 is 2.43 bits per heavy atom. The Morgan fingerprint density at radius 2 is 1.80 bits per heavy atom. The SMILES string of the molecule is CC(NC(=O)C1CCN(c2oc(-c3ccco3)nc2C#N)CC1)c1ccc(NC(=O)C2CC2)cc1. The zero-order valence-electron chi connectivity index (χ0n) is 19.5. The van der Waals surface area contributed by atoms with Crippen LogP contribution in [0, 0.1) is 23.2 Å². The monoisotopic (exact) mass is 473 g/mol. The average Bonchev–Trinajstić information content (AvgIpc) is 3.41. The number of benzene rings is 1. The Balaban J connectivity index is 1.15. The van der Waals surface area contributed by atoms with Crippen LogP contribution in [0.4, 0.5) is 11.6 Å². The predicted octanol–water partition coefficient (Wildman–Crippen LogP) is 4.25. The Hall–Kier alpha value is -4.06. The lowest BCUT2D eigenvalue weighted by Crippen LogP contribution is -2.41. The summed E-state index contributed by atoms with van der Waals surface area (Å²) in [6, 6.07) is 13.0. The number of nitriles is 1. The van der Waals surface area contributed by atoms with E-state index in [1.807, 2.05) is 36.1 Å². The van der Waals surface area contributed by atoms with Crippen LogP contribution in [0.1, 0.15) is 49.9 Å². The van der Waals surface area contributed by atoms with Crippen molar-refractivity contribution in [3.05, 3.63) is 53.9 Å². The van der Waals surface area contributed by atoms with Crippen molar-refractivity contribution >= 4 is 23.4 Å². The number of nitrogens with one attached hydrogen (secondary N) is 2. The van der Waals surface area contributed by atoms with Crippen molar-refractivity contribution in [1.82, 2.24) is 10.3 Å². The Labute approximate surface area is 203 Å². The first-order chi connectivity index (χ1) is 17.0. The number of oxazole rings is 1. The van der Waals surface area contributed by atoms with Crippen LogP contribution in [0.5, 0.6) is 0 Å². The number of anilines is 2. The van der Waals surface area contributed by atoms with Crippen LogP contribution < -0.4 is 15.5 Å². The molecule has 1 aliphatic carbocycles. The van der Waals surface area contributed by atoms with E-state index in [2.05, 4.69) is 21.7 Å². The molecule has 2 amide bonds. The minimum atomic E-state index is -0.149. The fraction of sp³-hybridized carbons (Fsp3) is 0.385. The first-order valence-electron chi connectivity index (χ1n) is 11.9. The van der Waals surface area contributed by atoms with E-state index >= 15 is 0 Å². The zero-order chi connectivity index (χ0) is 24.4. The second-order valence-electron chi connectivity index (χ2n) is 9.14. The van der Waals surface area contributed by atoms with Gasteiger partial charge in [0.2, 0.25) is 23.4 Å². The third-order valence-corrected chi connectivity index (χ3v) is 6.59. The summed E-state index contributed by atoms with van der Waals surface area (Å²) >= 11 is 0. The fourth-order valence-corrected chi connectivity index (χ4v) is 4.31.